The number of nitrogens with one attached hydrogen (secondary N) is 1. The largest absolute Gasteiger partial charge is 0.480 e. The van der Waals surface area contributed by atoms with E-state index in [9.17, 15) is 9.90 Å². The molecule has 2 aliphatic rings. The van der Waals surface area contributed by atoms with Crippen molar-refractivity contribution < 1.29 is 14.6 Å². The van der Waals surface area contributed by atoms with E-state index in [1.807, 2.05) is 0 Å². The topological polar surface area (TPSA) is 58.6 Å². The first-order chi connectivity index (χ1) is 7.77. The number of carboxylic acids is 1. The Morgan fingerprint density at radius 3 is 2.38 bits per heavy atom. The van der Waals surface area contributed by atoms with Crippen molar-refractivity contribution >= 4 is 5.97 Å². The molecule has 0 radical (unpaired) electrons. The molecule has 4 nitrogen and oxygen atoms in total. The number of carbonyl (C=O) groups is 1. The van der Waals surface area contributed by atoms with Crippen molar-refractivity contribution in [2.24, 2.45) is 5.92 Å². The number of ether oxygens (including phenoxy) is 1. The van der Waals surface area contributed by atoms with E-state index in [0.717, 1.165) is 25.7 Å². The van der Waals surface area contributed by atoms with Crippen molar-refractivity contribution in [2.75, 3.05) is 13.2 Å². The fourth-order valence-corrected chi connectivity index (χ4v) is 2.80. The normalized spacial score (nSPS) is 25.8. The van der Waals surface area contributed by atoms with Gasteiger partial charge in [0, 0.05) is 19.3 Å². The lowest BCUT2D eigenvalue weighted by atomic mass is 9.91. The van der Waals surface area contributed by atoms with E-state index in [4.69, 9.17) is 4.74 Å². The van der Waals surface area contributed by atoms with Crippen LogP contribution in [0, 0.1) is 5.92 Å². The lowest BCUT2D eigenvalue weighted by Gasteiger charge is -2.30. The van der Waals surface area contributed by atoms with Gasteiger partial charge in [-0.05, 0) is 31.6 Å². The molecule has 2 rings (SSSR count). The number of rotatable bonds is 4. The Morgan fingerprint density at radius 2 is 1.81 bits per heavy atom. The third kappa shape index (κ3) is 2.95. The Balaban J connectivity index is 1.90. The molecule has 0 aromatic heterocycles. The van der Waals surface area contributed by atoms with Gasteiger partial charge >= 0.3 is 5.97 Å². The van der Waals surface area contributed by atoms with Crippen LogP contribution in [0.3, 0.4) is 0 Å². The Labute approximate surface area is 96.4 Å². The quantitative estimate of drug-likeness (QED) is 0.762. The zero-order valence-electron chi connectivity index (χ0n) is 9.65. The van der Waals surface area contributed by atoms with E-state index in [-0.39, 0.29) is 12.0 Å². The van der Waals surface area contributed by atoms with Gasteiger partial charge < -0.3 is 15.2 Å². The fourth-order valence-electron chi connectivity index (χ4n) is 2.80. The molecule has 2 N–H and O–H groups in total. The summed E-state index contributed by atoms with van der Waals surface area (Å²) >= 11 is 0. The van der Waals surface area contributed by atoms with Gasteiger partial charge in [0.1, 0.15) is 6.04 Å². The highest BCUT2D eigenvalue weighted by molar-refractivity contribution is 5.74. The van der Waals surface area contributed by atoms with Gasteiger partial charge in [0.15, 0.2) is 0 Å². The summed E-state index contributed by atoms with van der Waals surface area (Å²) in [5, 5.41) is 12.6. The van der Waals surface area contributed by atoms with Crippen LogP contribution in [0.15, 0.2) is 0 Å². The first kappa shape index (κ1) is 11.9. The summed E-state index contributed by atoms with van der Waals surface area (Å²) in [6.45, 7) is 1.42. The molecule has 2 fully saturated rings. The van der Waals surface area contributed by atoms with Crippen molar-refractivity contribution in [1.82, 2.24) is 5.32 Å². The maximum Gasteiger partial charge on any atom is 0.320 e. The highest BCUT2D eigenvalue weighted by atomic mass is 16.5. The van der Waals surface area contributed by atoms with Crippen LogP contribution in [0.2, 0.25) is 0 Å². The molecule has 0 aromatic carbocycles. The fraction of sp³-hybridized carbons (Fsp3) is 0.917. The highest BCUT2D eigenvalue weighted by Gasteiger charge is 2.32. The van der Waals surface area contributed by atoms with Gasteiger partial charge in [0.05, 0.1) is 0 Å². The number of aliphatic carboxylic acids is 1. The second-order valence-electron chi connectivity index (χ2n) is 4.91. The molecular formula is C12H21NO3. The number of hydrogen-bond donors (Lipinski definition) is 2. The van der Waals surface area contributed by atoms with Gasteiger partial charge in [-0.15, -0.1) is 0 Å². The summed E-state index contributed by atoms with van der Waals surface area (Å²) in [6, 6.07) is 0.0518. The Hall–Kier alpha value is -0.610. The maximum absolute atomic E-state index is 11.3. The molecule has 1 saturated carbocycles. The zero-order valence-corrected chi connectivity index (χ0v) is 9.65. The van der Waals surface area contributed by atoms with E-state index in [0.29, 0.717) is 19.3 Å². The molecule has 1 saturated heterocycles. The van der Waals surface area contributed by atoms with Crippen LogP contribution in [0.5, 0.6) is 0 Å². The monoisotopic (exact) mass is 227 g/mol. The average Bonchev–Trinajstić information content (AvgIpc) is 2.79. The lowest BCUT2D eigenvalue weighted by Crippen LogP contribution is -2.48. The van der Waals surface area contributed by atoms with E-state index < -0.39 is 5.97 Å². The van der Waals surface area contributed by atoms with E-state index >= 15 is 0 Å². The standard InChI is InChI=1S/C12H21NO3/c14-12(15)11(9-5-7-16-8-6-9)13-10-3-1-2-4-10/h9-11,13H,1-8H2,(H,14,15). The zero-order chi connectivity index (χ0) is 11.4. The molecule has 1 heterocycles. The molecule has 1 aliphatic carbocycles. The summed E-state index contributed by atoms with van der Waals surface area (Å²) in [7, 11) is 0. The van der Waals surface area contributed by atoms with Gasteiger partial charge in [-0.25, -0.2) is 0 Å². The first-order valence-corrected chi connectivity index (χ1v) is 6.34. The van der Waals surface area contributed by atoms with E-state index in [1.54, 1.807) is 0 Å². The van der Waals surface area contributed by atoms with Gasteiger partial charge in [0.2, 0.25) is 0 Å². The minimum absolute atomic E-state index is 0.242. The van der Waals surface area contributed by atoms with Crippen LogP contribution in [-0.4, -0.2) is 36.4 Å². The molecule has 1 aliphatic heterocycles. The second kappa shape index (κ2) is 5.64. The molecule has 0 bridgehead atoms. The van der Waals surface area contributed by atoms with Crippen molar-refractivity contribution in [3.8, 4) is 0 Å². The van der Waals surface area contributed by atoms with E-state index in [1.165, 1.54) is 12.8 Å². The van der Waals surface area contributed by atoms with Gasteiger partial charge in [-0.3, -0.25) is 4.79 Å². The first-order valence-electron chi connectivity index (χ1n) is 6.34. The molecule has 0 amide bonds. The van der Waals surface area contributed by atoms with Crippen molar-refractivity contribution in [1.29, 1.82) is 0 Å². The Morgan fingerprint density at radius 1 is 1.19 bits per heavy atom. The summed E-state index contributed by atoms with van der Waals surface area (Å²) < 4.78 is 5.28. The lowest BCUT2D eigenvalue weighted by molar-refractivity contribution is -0.142. The Kier molecular flexibility index (Phi) is 4.18. The predicted molar refractivity (Wildman–Crippen MR) is 60.4 cm³/mol. The molecule has 0 aromatic rings. The third-order valence-corrected chi connectivity index (χ3v) is 3.77. The molecule has 0 spiro atoms. The van der Waals surface area contributed by atoms with Crippen LogP contribution >= 0.6 is 0 Å². The smallest absolute Gasteiger partial charge is 0.320 e. The second-order valence-corrected chi connectivity index (χ2v) is 4.91. The van der Waals surface area contributed by atoms with Crippen LogP contribution in [0.1, 0.15) is 38.5 Å². The summed E-state index contributed by atoms with van der Waals surface area (Å²) in [5.74, 6) is -0.453. The predicted octanol–water partition coefficient (Wildman–Crippen LogP) is 1.40. The summed E-state index contributed by atoms with van der Waals surface area (Å²) in [4.78, 5) is 11.3. The molecule has 1 unspecified atom stereocenters. The third-order valence-electron chi connectivity index (χ3n) is 3.77. The molecule has 16 heavy (non-hydrogen) atoms. The summed E-state index contributed by atoms with van der Waals surface area (Å²) in [6.07, 6.45) is 6.48. The van der Waals surface area contributed by atoms with Crippen molar-refractivity contribution in [3.63, 3.8) is 0 Å². The molecule has 1 atom stereocenters. The van der Waals surface area contributed by atoms with Crippen LogP contribution in [0.4, 0.5) is 0 Å². The van der Waals surface area contributed by atoms with Crippen LogP contribution in [0.25, 0.3) is 0 Å². The number of hydrogen-bond acceptors (Lipinski definition) is 3. The summed E-state index contributed by atoms with van der Waals surface area (Å²) in [5.41, 5.74) is 0. The Bertz CT molecular complexity index is 232. The van der Waals surface area contributed by atoms with Crippen LogP contribution in [-0.2, 0) is 9.53 Å². The van der Waals surface area contributed by atoms with E-state index in [2.05, 4.69) is 5.32 Å². The maximum atomic E-state index is 11.3. The van der Waals surface area contributed by atoms with Gasteiger partial charge in [-0.1, -0.05) is 12.8 Å². The highest BCUT2D eigenvalue weighted by Crippen LogP contribution is 2.23. The average molecular weight is 227 g/mol. The van der Waals surface area contributed by atoms with Gasteiger partial charge in [-0.2, -0.15) is 0 Å². The number of carboxylic acid groups (broad SMARTS) is 1. The van der Waals surface area contributed by atoms with Crippen LogP contribution < -0.4 is 5.32 Å². The molecular weight excluding hydrogens is 206 g/mol. The van der Waals surface area contributed by atoms with Crippen molar-refractivity contribution in [3.05, 3.63) is 0 Å². The molecule has 92 valence electrons. The minimum atomic E-state index is -0.696. The molecule has 4 heteroatoms. The minimum Gasteiger partial charge on any atom is -0.480 e. The van der Waals surface area contributed by atoms with Gasteiger partial charge in [0.25, 0.3) is 0 Å². The van der Waals surface area contributed by atoms with Crippen molar-refractivity contribution in [2.45, 2.75) is 50.6 Å². The SMILES string of the molecule is O=C(O)C(NC1CCCC1)C1CCOCC1.